The summed E-state index contributed by atoms with van der Waals surface area (Å²) in [7, 11) is 0. The fourth-order valence-corrected chi connectivity index (χ4v) is 4.55. The van der Waals surface area contributed by atoms with Crippen LogP contribution in [0.2, 0.25) is 0 Å². The predicted molar refractivity (Wildman–Crippen MR) is 176 cm³/mol. The summed E-state index contributed by atoms with van der Waals surface area (Å²) in [4.78, 5) is 97.3. The summed E-state index contributed by atoms with van der Waals surface area (Å²) in [6, 6.07) is 14.2. The Bertz CT molecular complexity index is 1540. The van der Waals surface area contributed by atoms with E-state index in [1.54, 1.807) is 54.6 Å². The Kier molecular flexibility index (Phi) is 15.8. The van der Waals surface area contributed by atoms with E-state index in [1.807, 2.05) is 0 Å². The number of primary amides is 1. The van der Waals surface area contributed by atoms with Gasteiger partial charge in [0.05, 0.1) is 13.2 Å². The van der Waals surface area contributed by atoms with E-state index in [9.17, 15) is 38.4 Å². The van der Waals surface area contributed by atoms with E-state index in [4.69, 9.17) is 15.2 Å². The van der Waals surface area contributed by atoms with Crippen molar-refractivity contribution in [3.63, 3.8) is 0 Å². The van der Waals surface area contributed by atoms with E-state index in [1.165, 1.54) is 12.2 Å². The van der Waals surface area contributed by atoms with Gasteiger partial charge in [0.1, 0.15) is 19.3 Å². The van der Waals surface area contributed by atoms with Crippen molar-refractivity contribution in [2.45, 2.75) is 44.8 Å². The molecule has 1 aliphatic rings. The summed E-state index contributed by atoms with van der Waals surface area (Å²) in [5.74, 6) is -4.51. The maximum atomic E-state index is 13.0. The third-order valence-corrected chi connectivity index (χ3v) is 7.22. The number of esters is 1. The molecular formula is C34H40N6O10. The number of nitrogens with zero attached hydrogens (tertiary/aromatic N) is 1. The Balaban J connectivity index is 1.34. The van der Waals surface area contributed by atoms with Crippen LogP contribution in [0.1, 0.15) is 47.2 Å². The smallest absolute Gasteiger partial charge is 0.325 e. The van der Waals surface area contributed by atoms with Gasteiger partial charge in [-0.15, -0.1) is 0 Å². The number of nitrogens with one attached hydrogen (secondary N) is 4. The van der Waals surface area contributed by atoms with Crippen LogP contribution < -0.4 is 27.0 Å². The van der Waals surface area contributed by atoms with Crippen molar-refractivity contribution in [2.24, 2.45) is 5.73 Å². The van der Waals surface area contributed by atoms with E-state index in [-0.39, 0.29) is 44.5 Å². The largest absolute Gasteiger partial charge is 0.454 e. The lowest BCUT2D eigenvalue weighted by Crippen LogP contribution is -2.51. The number of ether oxygens (including phenoxy) is 2. The van der Waals surface area contributed by atoms with Crippen molar-refractivity contribution in [2.75, 3.05) is 33.0 Å². The van der Waals surface area contributed by atoms with Crippen LogP contribution in [0.15, 0.2) is 66.7 Å². The molecular weight excluding hydrogens is 652 g/mol. The Morgan fingerprint density at radius 3 is 2.12 bits per heavy atom. The molecule has 0 saturated carbocycles. The quantitative estimate of drug-likeness (QED) is 0.0481. The molecule has 50 heavy (non-hydrogen) atoms. The van der Waals surface area contributed by atoms with Crippen molar-refractivity contribution >= 4 is 47.3 Å². The Morgan fingerprint density at radius 2 is 1.44 bits per heavy atom. The molecule has 0 bridgehead atoms. The van der Waals surface area contributed by atoms with Gasteiger partial charge in [-0.1, -0.05) is 48.9 Å². The van der Waals surface area contributed by atoms with Crippen LogP contribution in [-0.2, 0) is 56.1 Å². The molecule has 7 amide bonds. The van der Waals surface area contributed by atoms with Crippen LogP contribution in [0, 0.1) is 0 Å². The van der Waals surface area contributed by atoms with Crippen LogP contribution in [0.4, 0.5) is 0 Å². The van der Waals surface area contributed by atoms with Gasteiger partial charge in [-0.2, -0.15) is 0 Å². The first-order valence-electron chi connectivity index (χ1n) is 15.8. The van der Waals surface area contributed by atoms with Gasteiger partial charge >= 0.3 is 5.97 Å². The zero-order valence-corrected chi connectivity index (χ0v) is 27.3. The highest BCUT2D eigenvalue weighted by Crippen LogP contribution is 2.08. The first-order chi connectivity index (χ1) is 24.0. The number of imide groups is 1. The lowest BCUT2D eigenvalue weighted by molar-refractivity contribution is -0.148. The monoisotopic (exact) mass is 692 g/mol. The summed E-state index contributed by atoms with van der Waals surface area (Å²) in [5, 5.41) is 9.88. The summed E-state index contributed by atoms with van der Waals surface area (Å²) in [6.45, 7) is -1.31. The van der Waals surface area contributed by atoms with E-state index in [0.717, 1.165) is 16.0 Å². The number of carbonyl (C=O) groups excluding carboxylic acids is 8. The Hall–Kier alpha value is -5.90. The van der Waals surface area contributed by atoms with Crippen molar-refractivity contribution in [3.8, 4) is 0 Å². The summed E-state index contributed by atoms with van der Waals surface area (Å²) < 4.78 is 10.3. The molecule has 266 valence electrons. The minimum Gasteiger partial charge on any atom is -0.454 e. The van der Waals surface area contributed by atoms with Crippen molar-refractivity contribution in [1.82, 2.24) is 26.2 Å². The standard InChI is InChI=1S/C34H40N6O10/c35-33(47)25-12-10-24(11-13-25)20-49-22-38-28(42)18-37-34(48)26(17-23-7-3-1-4-8-23)39-29(43)21-50-32(46)19-36-27(41)9-5-2-6-16-40-30(44)14-15-31(40)45/h1,3-4,7-8,10-15,26H,2,5-6,9,16-22H2,(H2,35,47)(H,36,41)(H,37,48)(H,38,42)(H,39,43)/t26-/m0/s1. The van der Waals surface area contributed by atoms with Gasteiger partial charge in [0, 0.05) is 37.1 Å². The van der Waals surface area contributed by atoms with Gasteiger partial charge < -0.3 is 36.5 Å². The minimum atomic E-state index is -1.10. The number of amides is 7. The molecule has 0 aliphatic carbocycles. The highest BCUT2D eigenvalue weighted by Gasteiger charge is 2.23. The highest BCUT2D eigenvalue weighted by atomic mass is 16.5. The van der Waals surface area contributed by atoms with Crippen LogP contribution >= 0.6 is 0 Å². The molecule has 0 saturated heterocycles. The SMILES string of the molecule is NC(=O)c1ccc(COCNC(=O)CNC(=O)[C@H](Cc2ccccc2)NC(=O)COC(=O)CNC(=O)CCCCCN2C(=O)C=CC2=O)cc1. The van der Waals surface area contributed by atoms with Crippen LogP contribution in [-0.4, -0.2) is 91.2 Å². The Labute approximate surface area is 288 Å². The molecule has 0 fully saturated rings. The van der Waals surface area contributed by atoms with E-state index >= 15 is 0 Å². The van der Waals surface area contributed by atoms with Gasteiger partial charge in [-0.25, -0.2) is 0 Å². The molecule has 3 rings (SSSR count). The number of nitrogens with two attached hydrogens (primary N) is 1. The number of unbranched alkanes of at least 4 members (excludes halogenated alkanes) is 2. The Morgan fingerprint density at radius 1 is 0.740 bits per heavy atom. The van der Waals surface area contributed by atoms with E-state index in [2.05, 4.69) is 21.3 Å². The first-order valence-corrected chi connectivity index (χ1v) is 15.8. The third kappa shape index (κ3) is 14.1. The average molecular weight is 693 g/mol. The van der Waals surface area contributed by atoms with Crippen LogP contribution in [0.25, 0.3) is 0 Å². The number of benzene rings is 2. The van der Waals surface area contributed by atoms with Crippen molar-refractivity contribution in [1.29, 1.82) is 0 Å². The zero-order chi connectivity index (χ0) is 36.3. The van der Waals surface area contributed by atoms with Crippen LogP contribution in [0.3, 0.4) is 0 Å². The molecule has 2 aromatic carbocycles. The molecule has 0 aromatic heterocycles. The van der Waals surface area contributed by atoms with Gasteiger partial charge in [0.25, 0.3) is 17.7 Å². The molecule has 0 spiro atoms. The third-order valence-electron chi connectivity index (χ3n) is 7.22. The zero-order valence-electron chi connectivity index (χ0n) is 27.3. The highest BCUT2D eigenvalue weighted by molar-refractivity contribution is 6.12. The fourth-order valence-electron chi connectivity index (χ4n) is 4.55. The topological polar surface area (TPSA) is 232 Å². The molecule has 1 atom stereocenters. The van der Waals surface area contributed by atoms with Crippen LogP contribution in [0.5, 0.6) is 0 Å². The predicted octanol–water partition coefficient (Wildman–Crippen LogP) is -0.636. The van der Waals surface area contributed by atoms with Gasteiger partial charge in [0.15, 0.2) is 6.61 Å². The maximum absolute atomic E-state index is 13.0. The molecule has 16 heteroatoms. The molecule has 1 heterocycles. The van der Waals surface area contributed by atoms with E-state index < -0.39 is 61.2 Å². The van der Waals surface area contributed by atoms with E-state index in [0.29, 0.717) is 24.8 Å². The molecule has 2 aromatic rings. The number of hydrogen-bond donors (Lipinski definition) is 5. The second-order valence-electron chi connectivity index (χ2n) is 11.1. The number of rotatable bonds is 21. The van der Waals surface area contributed by atoms with Gasteiger partial charge in [-0.05, 0) is 36.1 Å². The summed E-state index contributed by atoms with van der Waals surface area (Å²) >= 11 is 0. The maximum Gasteiger partial charge on any atom is 0.325 e. The van der Waals surface area contributed by atoms with Crippen molar-refractivity contribution in [3.05, 3.63) is 83.4 Å². The lowest BCUT2D eigenvalue weighted by atomic mass is 10.1. The lowest BCUT2D eigenvalue weighted by Gasteiger charge is -2.19. The molecule has 16 nitrogen and oxygen atoms in total. The van der Waals surface area contributed by atoms with Gasteiger partial charge in [0.2, 0.25) is 23.6 Å². The fraction of sp³-hybridized carbons (Fsp3) is 0.353. The molecule has 0 unspecified atom stereocenters. The minimum absolute atomic E-state index is 0.0865. The summed E-state index contributed by atoms with van der Waals surface area (Å²) in [6.07, 6.45) is 4.22. The molecule has 0 radical (unpaired) electrons. The molecule has 1 aliphatic heterocycles. The summed E-state index contributed by atoms with van der Waals surface area (Å²) in [5.41, 5.74) is 7.05. The van der Waals surface area contributed by atoms with Crippen molar-refractivity contribution < 1.29 is 47.8 Å². The number of hydrogen-bond acceptors (Lipinski definition) is 10. The average Bonchev–Trinajstić information content (AvgIpc) is 3.43. The molecule has 6 N–H and O–H groups in total. The normalized spacial score (nSPS) is 12.6. The second kappa shape index (κ2) is 20.5. The second-order valence-corrected chi connectivity index (χ2v) is 11.1. The van der Waals surface area contributed by atoms with Gasteiger partial charge in [-0.3, -0.25) is 43.3 Å². The number of carbonyl (C=O) groups is 8. The first kappa shape index (κ1) is 38.5.